The topological polar surface area (TPSA) is 24.4 Å². The Bertz CT molecular complexity index is 329. The van der Waals surface area contributed by atoms with Crippen molar-refractivity contribution in [1.29, 1.82) is 0 Å². The number of allylic oxidation sites excluding steroid dienone is 2. The molecule has 0 unspecified atom stereocenters. The monoisotopic (exact) mass is 268 g/mol. The Morgan fingerprint density at radius 1 is 1.50 bits per heavy atom. The van der Waals surface area contributed by atoms with Gasteiger partial charge in [0.05, 0.1) is 0 Å². The Balaban J connectivity index is 2.68. The highest BCUT2D eigenvalue weighted by Gasteiger charge is 2.30. The minimum absolute atomic E-state index is 0.119. The van der Waals surface area contributed by atoms with Crippen molar-refractivity contribution >= 4 is 16.9 Å². The van der Waals surface area contributed by atoms with Gasteiger partial charge in [-0.2, -0.15) is 0 Å². The van der Waals surface area contributed by atoms with Gasteiger partial charge in [0.15, 0.2) is 5.17 Å². The van der Waals surface area contributed by atoms with Crippen molar-refractivity contribution in [3.63, 3.8) is 0 Å². The first-order valence-corrected chi connectivity index (χ1v) is 8.13. The van der Waals surface area contributed by atoms with E-state index in [1.807, 2.05) is 0 Å². The van der Waals surface area contributed by atoms with Gasteiger partial charge in [-0.1, -0.05) is 23.4 Å². The van der Waals surface area contributed by atoms with Crippen LogP contribution >= 0.6 is 11.8 Å². The molecule has 0 radical (unpaired) electrons. The van der Waals surface area contributed by atoms with E-state index in [0.29, 0.717) is 12.0 Å². The maximum absolute atomic E-state index is 4.64. The van der Waals surface area contributed by atoms with Crippen molar-refractivity contribution in [2.75, 3.05) is 6.26 Å². The van der Waals surface area contributed by atoms with Crippen molar-refractivity contribution in [3.05, 3.63) is 11.6 Å². The molecule has 0 aromatic rings. The molecule has 1 aliphatic carbocycles. The molecule has 1 N–H and O–H groups in total. The highest BCUT2D eigenvalue weighted by molar-refractivity contribution is 8.13. The van der Waals surface area contributed by atoms with Crippen molar-refractivity contribution in [3.8, 4) is 0 Å². The summed E-state index contributed by atoms with van der Waals surface area (Å²) in [5, 5.41) is 4.71. The lowest BCUT2D eigenvalue weighted by Gasteiger charge is -2.38. The lowest BCUT2D eigenvalue weighted by Crippen LogP contribution is -2.48. The minimum atomic E-state index is 0.119. The van der Waals surface area contributed by atoms with Crippen molar-refractivity contribution in [2.45, 2.75) is 65.5 Å². The van der Waals surface area contributed by atoms with Crippen LogP contribution in [0.25, 0.3) is 0 Å². The Labute approximate surface area is 117 Å². The molecule has 0 fully saturated rings. The van der Waals surface area contributed by atoms with E-state index in [1.54, 1.807) is 17.3 Å². The zero-order valence-corrected chi connectivity index (χ0v) is 13.5. The number of thioether (sulfide) groups is 1. The summed E-state index contributed by atoms with van der Waals surface area (Å²) in [6.07, 6.45) is 8.21. The van der Waals surface area contributed by atoms with Crippen molar-refractivity contribution in [2.24, 2.45) is 10.9 Å². The van der Waals surface area contributed by atoms with Crippen LogP contribution in [0.1, 0.15) is 53.9 Å². The molecule has 0 bridgehead atoms. The van der Waals surface area contributed by atoms with Crippen LogP contribution in [0, 0.1) is 5.92 Å². The van der Waals surface area contributed by atoms with Gasteiger partial charge in [0.1, 0.15) is 0 Å². The van der Waals surface area contributed by atoms with Gasteiger partial charge in [-0.05, 0) is 66.1 Å². The number of aliphatic imine (C=N–C) groups is 1. The molecule has 0 aromatic carbocycles. The van der Waals surface area contributed by atoms with Crippen LogP contribution in [0.5, 0.6) is 0 Å². The van der Waals surface area contributed by atoms with Crippen LogP contribution in [-0.2, 0) is 0 Å². The second-order valence-corrected chi connectivity index (χ2v) is 6.90. The fraction of sp³-hybridized carbons (Fsp3) is 0.800. The van der Waals surface area contributed by atoms with E-state index in [-0.39, 0.29) is 5.54 Å². The molecule has 2 nitrogen and oxygen atoms in total. The Morgan fingerprint density at radius 2 is 2.17 bits per heavy atom. The van der Waals surface area contributed by atoms with Crippen LogP contribution in [0.4, 0.5) is 0 Å². The fourth-order valence-corrected chi connectivity index (χ4v) is 3.05. The number of nitrogens with zero attached hydrogens (tertiary/aromatic N) is 1. The summed E-state index contributed by atoms with van der Waals surface area (Å²) in [7, 11) is 0. The summed E-state index contributed by atoms with van der Waals surface area (Å²) in [6.45, 7) is 11.1. The second kappa shape index (κ2) is 6.65. The summed E-state index contributed by atoms with van der Waals surface area (Å²) in [6, 6.07) is 0.351. The van der Waals surface area contributed by atoms with E-state index in [2.05, 4.69) is 57.3 Å². The van der Waals surface area contributed by atoms with Crippen LogP contribution < -0.4 is 5.32 Å². The third-order valence-electron chi connectivity index (χ3n) is 3.66. The van der Waals surface area contributed by atoms with Gasteiger partial charge >= 0.3 is 0 Å². The summed E-state index contributed by atoms with van der Waals surface area (Å²) in [4.78, 5) is 4.64. The van der Waals surface area contributed by atoms with E-state index in [1.165, 1.54) is 19.3 Å². The van der Waals surface area contributed by atoms with E-state index < -0.39 is 0 Å². The minimum Gasteiger partial charge on any atom is -0.360 e. The van der Waals surface area contributed by atoms with Gasteiger partial charge < -0.3 is 5.32 Å². The SMILES string of the molecule is CSC(=NC(C)C)NC(C)(C)[C@H]1CC=C(C)CC1. The van der Waals surface area contributed by atoms with Gasteiger partial charge in [0.25, 0.3) is 0 Å². The summed E-state index contributed by atoms with van der Waals surface area (Å²) < 4.78 is 0. The van der Waals surface area contributed by atoms with Gasteiger partial charge in [0.2, 0.25) is 0 Å². The largest absolute Gasteiger partial charge is 0.360 e. The summed E-state index contributed by atoms with van der Waals surface area (Å²) in [5.74, 6) is 0.700. The Morgan fingerprint density at radius 3 is 2.61 bits per heavy atom. The highest BCUT2D eigenvalue weighted by atomic mass is 32.2. The molecule has 0 saturated carbocycles. The molecule has 3 heteroatoms. The first-order chi connectivity index (χ1) is 8.35. The highest BCUT2D eigenvalue weighted by Crippen LogP contribution is 2.32. The molecule has 1 atom stereocenters. The number of hydrogen-bond donors (Lipinski definition) is 1. The quantitative estimate of drug-likeness (QED) is 0.470. The molecule has 104 valence electrons. The Kier molecular flexibility index (Phi) is 5.77. The molecule has 0 spiro atoms. The third-order valence-corrected chi connectivity index (χ3v) is 4.25. The normalized spacial score (nSPS) is 22.1. The van der Waals surface area contributed by atoms with Crippen molar-refractivity contribution in [1.82, 2.24) is 5.32 Å². The smallest absolute Gasteiger partial charge is 0.156 e. The zero-order valence-electron chi connectivity index (χ0n) is 12.7. The van der Waals surface area contributed by atoms with Crippen LogP contribution in [0.15, 0.2) is 16.6 Å². The number of rotatable bonds is 3. The van der Waals surface area contributed by atoms with Gasteiger partial charge in [-0.15, -0.1) is 0 Å². The number of hydrogen-bond acceptors (Lipinski definition) is 2. The average Bonchev–Trinajstić information content (AvgIpc) is 2.27. The maximum atomic E-state index is 4.64. The number of nitrogens with one attached hydrogen (secondary N) is 1. The lowest BCUT2D eigenvalue weighted by molar-refractivity contribution is 0.267. The average molecular weight is 268 g/mol. The Hall–Kier alpha value is -0.440. The molecule has 0 aromatic heterocycles. The lowest BCUT2D eigenvalue weighted by atomic mass is 9.78. The molecule has 0 aliphatic heterocycles. The standard InChI is InChI=1S/C15H28N2S/c1-11(2)16-14(18-6)17-15(4,5)13-9-7-12(3)8-10-13/h7,11,13H,8-10H2,1-6H3,(H,16,17)/t13-/m0/s1. The molecule has 0 saturated heterocycles. The first kappa shape index (κ1) is 15.6. The van der Waals surface area contributed by atoms with Crippen molar-refractivity contribution < 1.29 is 0 Å². The van der Waals surface area contributed by atoms with Crippen LogP contribution in [0.2, 0.25) is 0 Å². The second-order valence-electron chi connectivity index (χ2n) is 6.10. The zero-order chi connectivity index (χ0) is 13.8. The predicted octanol–water partition coefficient (Wildman–Crippen LogP) is 4.23. The van der Waals surface area contributed by atoms with Crippen LogP contribution in [-0.4, -0.2) is 23.0 Å². The van der Waals surface area contributed by atoms with E-state index in [0.717, 1.165) is 5.17 Å². The molecular formula is C15H28N2S. The first-order valence-electron chi connectivity index (χ1n) is 6.90. The molecule has 0 amide bonds. The summed E-state index contributed by atoms with van der Waals surface area (Å²) >= 11 is 1.71. The van der Waals surface area contributed by atoms with Gasteiger partial charge in [-0.25, -0.2) is 0 Å². The van der Waals surface area contributed by atoms with E-state index >= 15 is 0 Å². The molecule has 0 heterocycles. The fourth-order valence-electron chi connectivity index (χ4n) is 2.37. The molecule has 1 aliphatic rings. The van der Waals surface area contributed by atoms with Gasteiger partial charge in [-0.3, -0.25) is 4.99 Å². The molecule has 18 heavy (non-hydrogen) atoms. The van der Waals surface area contributed by atoms with Gasteiger partial charge in [0, 0.05) is 11.6 Å². The summed E-state index contributed by atoms with van der Waals surface area (Å²) in [5.41, 5.74) is 1.66. The third kappa shape index (κ3) is 4.68. The van der Waals surface area contributed by atoms with Crippen LogP contribution in [0.3, 0.4) is 0 Å². The maximum Gasteiger partial charge on any atom is 0.156 e. The number of amidine groups is 1. The molecular weight excluding hydrogens is 240 g/mol. The molecule has 1 rings (SSSR count). The van der Waals surface area contributed by atoms with E-state index in [9.17, 15) is 0 Å². The van der Waals surface area contributed by atoms with E-state index in [4.69, 9.17) is 0 Å². The predicted molar refractivity (Wildman–Crippen MR) is 84.4 cm³/mol.